The van der Waals surface area contributed by atoms with Gasteiger partial charge in [-0.15, -0.1) is 0 Å². The molecule has 9 nitrogen and oxygen atoms in total. The van der Waals surface area contributed by atoms with Gasteiger partial charge >= 0.3 is 0 Å². The highest BCUT2D eigenvalue weighted by Gasteiger charge is 2.30. The lowest BCUT2D eigenvalue weighted by molar-refractivity contribution is -0.117. The third-order valence-corrected chi connectivity index (χ3v) is 5.78. The summed E-state index contributed by atoms with van der Waals surface area (Å²) in [5, 5.41) is 10.8. The van der Waals surface area contributed by atoms with Crippen molar-refractivity contribution >= 4 is 34.6 Å². The number of rotatable bonds is 6. The maximum atomic E-state index is 12.6. The SMILES string of the molecule is CCC(=O)c1cnc(NC(=O)C2CC2)cc1Nc1cccc2c1N(C)Cc1nc(C)nn1-2. The van der Waals surface area contributed by atoms with Crippen LogP contribution in [-0.2, 0) is 11.3 Å². The van der Waals surface area contributed by atoms with Crippen molar-refractivity contribution in [1.29, 1.82) is 0 Å². The normalized spacial score (nSPS) is 14.5. The topological polar surface area (TPSA) is 105 Å². The Morgan fingerprint density at radius 2 is 2.03 bits per heavy atom. The molecule has 1 saturated carbocycles. The van der Waals surface area contributed by atoms with Gasteiger partial charge in [0, 0.05) is 31.6 Å². The number of nitrogens with zero attached hydrogens (tertiary/aromatic N) is 5. The quantitative estimate of drug-likeness (QED) is 0.575. The first-order chi connectivity index (χ1) is 15.4. The standard InChI is InChI=1S/C23H25N7O2/c1-4-19(31)15-11-24-20(27-23(32)14-8-9-14)10-17(15)26-16-6-5-7-18-22(16)29(3)12-21-25-13(2)28-30(18)21/h5-7,10-11,14H,4,8-9,12H2,1-3H3,(H2,24,26,27,32). The summed E-state index contributed by atoms with van der Waals surface area (Å²) in [4.78, 5) is 35.7. The molecule has 3 heterocycles. The molecule has 2 aromatic heterocycles. The van der Waals surface area contributed by atoms with Crippen LogP contribution in [0.3, 0.4) is 0 Å². The lowest BCUT2D eigenvalue weighted by atomic mass is 10.1. The summed E-state index contributed by atoms with van der Waals surface area (Å²) in [5.41, 5.74) is 3.81. The number of ketones is 1. The number of fused-ring (bicyclic) bond motifs is 3. The maximum Gasteiger partial charge on any atom is 0.228 e. The first-order valence-electron chi connectivity index (χ1n) is 10.8. The monoisotopic (exact) mass is 431 g/mol. The zero-order valence-corrected chi connectivity index (χ0v) is 18.3. The minimum Gasteiger partial charge on any atom is -0.364 e. The van der Waals surface area contributed by atoms with Gasteiger partial charge in [0.15, 0.2) is 11.6 Å². The number of carbonyl (C=O) groups is 2. The molecule has 5 rings (SSSR count). The summed E-state index contributed by atoms with van der Waals surface area (Å²) in [5.74, 6) is 2.06. The van der Waals surface area contributed by atoms with E-state index in [-0.39, 0.29) is 17.6 Å². The molecular weight excluding hydrogens is 406 g/mol. The van der Waals surface area contributed by atoms with E-state index in [0.717, 1.165) is 41.6 Å². The number of benzene rings is 1. The van der Waals surface area contributed by atoms with Crippen LogP contribution in [-0.4, -0.2) is 38.5 Å². The highest BCUT2D eigenvalue weighted by molar-refractivity contribution is 6.03. The van der Waals surface area contributed by atoms with Crippen molar-refractivity contribution in [2.24, 2.45) is 5.92 Å². The second kappa shape index (κ2) is 7.74. The number of pyridine rings is 1. The first-order valence-corrected chi connectivity index (χ1v) is 10.8. The van der Waals surface area contributed by atoms with Gasteiger partial charge in [0.1, 0.15) is 11.6 Å². The first kappa shape index (κ1) is 20.2. The number of para-hydroxylation sites is 1. The van der Waals surface area contributed by atoms with Crippen molar-refractivity contribution in [1.82, 2.24) is 19.7 Å². The smallest absolute Gasteiger partial charge is 0.228 e. The van der Waals surface area contributed by atoms with Crippen LogP contribution >= 0.6 is 0 Å². The Labute approximate surface area is 185 Å². The summed E-state index contributed by atoms with van der Waals surface area (Å²) in [6.07, 6.45) is 3.72. The highest BCUT2D eigenvalue weighted by Crippen LogP contribution is 2.39. The van der Waals surface area contributed by atoms with Gasteiger partial charge in [0.2, 0.25) is 5.91 Å². The molecule has 1 aromatic carbocycles. The Morgan fingerprint density at radius 1 is 1.22 bits per heavy atom. The Bertz CT molecular complexity index is 1230. The molecule has 3 aromatic rings. The Kier molecular flexibility index (Phi) is 4.88. The number of aromatic nitrogens is 4. The van der Waals surface area contributed by atoms with Crippen molar-refractivity contribution in [3.8, 4) is 5.69 Å². The van der Waals surface area contributed by atoms with E-state index in [1.807, 2.05) is 43.8 Å². The highest BCUT2D eigenvalue weighted by atomic mass is 16.2. The number of hydrogen-bond donors (Lipinski definition) is 2. The Balaban J connectivity index is 1.55. The molecule has 0 bridgehead atoms. The van der Waals surface area contributed by atoms with Crippen LogP contribution in [0.5, 0.6) is 0 Å². The van der Waals surface area contributed by atoms with E-state index in [1.54, 1.807) is 6.07 Å². The lowest BCUT2D eigenvalue weighted by Crippen LogP contribution is -2.27. The molecule has 164 valence electrons. The van der Waals surface area contributed by atoms with E-state index in [9.17, 15) is 9.59 Å². The van der Waals surface area contributed by atoms with E-state index in [4.69, 9.17) is 0 Å². The fraction of sp³-hybridized carbons (Fsp3) is 0.348. The molecule has 9 heteroatoms. The molecule has 0 saturated heterocycles. The minimum absolute atomic E-state index is 0.0209. The third kappa shape index (κ3) is 3.59. The molecule has 0 atom stereocenters. The maximum absolute atomic E-state index is 12.6. The van der Waals surface area contributed by atoms with Crippen LogP contribution in [0.25, 0.3) is 5.69 Å². The zero-order valence-electron chi connectivity index (χ0n) is 18.3. The van der Waals surface area contributed by atoms with Gasteiger partial charge in [-0.1, -0.05) is 13.0 Å². The van der Waals surface area contributed by atoms with Crippen molar-refractivity contribution in [2.75, 3.05) is 22.6 Å². The number of aryl methyl sites for hydroxylation is 1. The van der Waals surface area contributed by atoms with Crippen LogP contribution in [0, 0.1) is 12.8 Å². The predicted molar refractivity (Wildman–Crippen MR) is 122 cm³/mol. The van der Waals surface area contributed by atoms with Gasteiger partial charge in [-0.25, -0.2) is 14.6 Å². The van der Waals surface area contributed by atoms with Crippen molar-refractivity contribution in [2.45, 2.75) is 39.7 Å². The van der Waals surface area contributed by atoms with Gasteiger partial charge < -0.3 is 15.5 Å². The zero-order chi connectivity index (χ0) is 22.4. The minimum atomic E-state index is -0.0241. The van der Waals surface area contributed by atoms with E-state index >= 15 is 0 Å². The average molecular weight is 432 g/mol. The van der Waals surface area contributed by atoms with Gasteiger partial charge in [0.25, 0.3) is 0 Å². The van der Waals surface area contributed by atoms with Crippen molar-refractivity contribution < 1.29 is 9.59 Å². The van der Waals surface area contributed by atoms with Crippen LogP contribution in [0.1, 0.15) is 48.2 Å². The van der Waals surface area contributed by atoms with Crippen LogP contribution in [0.4, 0.5) is 22.9 Å². The van der Waals surface area contributed by atoms with Gasteiger partial charge in [-0.05, 0) is 31.9 Å². The molecule has 2 aliphatic rings. The van der Waals surface area contributed by atoms with Crippen molar-refractivity contribution in [3.63, 3.8) is 0 Å². The van der Waals surface area contributed by atoms with E-state index < -0.39 is 0 Å². The van der Waals surface area contributed by atoms with Crippen molar-refractivity contribution in [3.05, 3.63) is 47.7 Å². The molecule has 32 heavy (non-hydrogen) atoms. The second-order valence-corrected chi connectivity index (χ2v) is 8.30. The number of hydrogen-bond acceptors (Lipinski definition) is 7. The molecular formula is C23H25N7O2. The molecule has 0 spiro atoms. The number of carbonyl (C=O) groups excluding carboxylic acids is 2. The second-order valence-electron chi connectivity index (χ2n) is 8.30. The molecule has 1 fully saturated rings. The summed E-state index contributed by atoms with van der Waals surface area (Å²) in [6, 6.07) is 7.64. The third-order valence-electron chi connectivity index (χ3n) is 5.78. The molecule has 0 radical (unpaired) electrons. The predicted octanol–water partition coefficient (Wildman–Crippen LogP) is 3.61. The summed E-state index contributed by atoms with van der Waals surface area (Å²) in [7, 11) is 2.00. The summed E-state index contributed by atoms with van der Waals surface area (Å²) >= 11 is 0. The number of Topliss-reactive ketones (excluding diaryl/α,β-unsaturated/α-hetero) is 1. The summed E-state index contributed by atoms with van der Waals surface area (Å²) < 4.78 is 1.86. The van der Waals surface area contributed by atoms with E-state index in [1.165, 1.54) is 6.20 Å². The van der Waals surface area contributed by atoms with Crippen LogP contribution < -0.4 is 15.5 Å². The number of anilines is 4. The largest absolute Gasteiger partial charge is 0.364 e. The molecule has 1 amide bonds. The van der Waals surface area contributed by atoms with Crippen LogP contribution in [0.15, 0.2) is 30.5 Å². The molecule has 2 N–H and O–H groups in total. The van der Waals surface area contributed by atoms with E-state index in [0.29, 0.717) is 30.0 Å². The average Bonchev–Trinajstić information content (AvgIpc) is 3.56. The Morgan fingerprint density at radius 3 is 2.78 bits per heavy atom. The fourth-order valence-electron chi connectivity index (χ4n) is 4.01. The molecule has 0 unspecified atom stereocenters. The summed E-state index contributed by atoms with van der Waals surface area (Å²) in [6.45, 7) is 4.32. The lowest BCUT2D eigenvalue weighted by Gasteiger charge is -2.30. The van der Waals surface area contributed by atoms with E-state index in [2.05, 4.69) is 30.6 Å². The van der Waals surface area contributed by atoms with Gasteiger partial charge in [0.05, 0.1) is 34.9 Å². The number of amides is 1. The fourth-order valence-corrected chi connectivity index (χ4v) is 4.01. The Hall–Kier alpha value is -3.75. The van der Waals surface area contributed by atoms with Gasteiger partial charge in [-0.3, -0.25) is 9.59 Å². The van der Waals surface area contributed by atoms with Crippen LogP contribution in [0.2, 0.25) is 0 Å². The molecule has 1 aliphatic heterocycles. The molecule has 1 aliphatic carbocycles. The van der Waals surface area contributed by atoms with Gasteiger partial charge in [-0.2, -0.15) is 5.10 Å². The number of nitrogens with one attached hydrogen (secondary N) is 2.